The quantitative estimate of drug-likeness (QED) is 0.432. The molecular formula is C24H27F5N2. The molecule has 1 aliphatic carbocycles. The molecule has 1 aliphatic rings. The summed E-state index contributed by atoms with van der Waals surface area (Å²) in [5, 5.41) is 0. The van der Waals surface area contributed by atoms with Gasteiger partial charge in [0.15, 0.2) is 5.82 Å². The second-order valence-electron chi connectivity index (χ2n) is 8.45. The molecule has 168 valence electrons. The third-order valence-corrected chi connectivity index (χ3v) is 6.24. The van der Waals surface area contributed by atoms with Crippen molar-refractivity contribution in [2.45, 2.75) is 64.5 Å². The van der Waals surface area contributed by atoms with Crippen molar-refractivity contribution in [3.63, 3.8) is 0 Å². The van der Waals surface area contributed by atoms with Gasteiger partial charge in [0, 0.05) is 29.6 Å². The van der Waals surface area contributed by atoms with Gasteiger partial charge in [-0.25, -0.2) is 18.7 Å². The van der Waals surface area contributed by atoms with Crippen molar-refractivity contribution in [1.29, 1.82) is 0 Å². The Hall–Kier alpha value is -2.31. The minimum absolute atomic E-state index is 0.0859. The highest BCUT2D eigenvalue weighted by Gasteiger charge is 2.26. The number of nitrogens with zero attached hydrogens (tertiary/aromatic N) is 2. The zero-order chi connectivity index (χ0) is 22.6. The van der Waals surface area contributed by atoms with E-state index < -0.39 is 23.4 Å². The maximum absolute atomic E-state index is 14.2. The molecule has 7 heteroatoms. The van der Waals surface area contributed by atoms with Gasteiger partial charge in [-0.15, -0.1) is 0 Å². The molecule has 0 amide bonds. The Morgan fingerprint density at radius 3 is 2.13 bits per heavy atom. The van der Waals surface area contributed by atoms with E-state index in [1.165, 1.54) is 25.7 Å². The van der Waals surface area contributed by atoms with Gasteiger partial charge in [-0.05, 0) is 67.2 Å². The van der Waals surface area contributed by atoms with Crippen LogP contribution in [0.2, 0.25) is 0 Å². The summed E-state index contributed by atoms with van der Waals surface area (Å²) in [6, 6.07) is 1.91. The molecule has 0 spiro atoms. The molecule has 1 saturated carbocycles. The van der Waals surface area contributed by atoms with Crippen LogP contribution in [0.4, 0.5) is 22.0 Å². The molecule has 0 N–H and O–H groups in total. The molecule has 2 nitrogen and oxygen atoms in total. The Kier molecular flexibility index (Phi) is 7.44. The van der Waals surface area contributed by atoms with Crippen LogP contribution in [-0.2, 0) is 0 Å². The fourth-order valence-electron chi connectivity index (χ4n) is 4.46. The van der Waals surface area contributed by atoms with Gasteiger partial charge in [0.25, 0.3) is 0 Å². The Labute approximate surface area is 179 Å². The molecule has 1 fully saturated rings. The highest BCUT2D eigenvalue weighted by molar-refractivity contribution is 5.61. The minimum Gasteiger partial charge on any atom is -0.236 e. The van der Waals surface area contributed by atoms with Gasteiger partial charge in [-0.2, -0.15) is 13.2 Å². The molecule has 1 aromatic carbocycles. The summed E-state index contributed by atoms with van der Waals surface area (Å²) in [7, 11) is 0. The first-order valence-electron chi connectivity index (χ1n) is 10.7. The molecule has 1 aromatic heterocycles. The van der Waals surface area contributed by atoms with E-state index in [2.05, 4.69) is 23.8 Å². The number of alkyl halides is 3. The van der Waals surface area contributed by atoms with Gasteiger partial charge in [0.05, 0.1) is 0 Å². The van der Waals surface area contributed by atoms with Crippen molar-refractivity contribution in [2.75, 3.05) is 0 Å². The highest BCUT2D eigenvalue weighted by atomic mass is 19.4. The smallest absolute Gasteiger partial charge is 0.236 e. The number of halogens is 5. The topological polar surface area (TPSA) is 25.8 Å². The van der Waals surface area contributed by atoms with E-state index in [4.69, 9.17) is 0 Å². The number of aromatic nitrogens is 2. The van der Waals surface area contributed by atoms with Crippen LogP contribution in [0.1, 0.15) is 69.4 Å². The predicted molar refractivity (Wildman–Crippen MR) is 111 cm³/mol. The maximum atomic E-state index is 14.2. The summed E-state index contributed by atoms with van der Waals surface area (Å²) < 4.78 is 65.2. The van der Waals surface area contributed by atoms with Gasteiger partial charge in [0.1, 0.15) is 11.6 Å². The highest BCUT2D eigenvalue weighted by Crippen LogP contribution is 2.39. The first kappa shape index (κ1) is 23.4. The summed E-state index contributed by atoms with van der Waals surface area (Å²) >= 11 is 0. The van der Waals surface area contributed by atoms with E-state index >= 15 is 0 Å². The van der Waals surface area contributed by atoms with E-state index in [-0.39, 0.29) is 17.5 Å². The molecule has 0 saturated heterocycles. The van der Waals surface area contributed by atoms with Crippen LogP contribution in [0.15, 0.2) is 30.6 Å². The van der Waals surface area contributed by atoms with E-state index in [0.29, 0.717) is 12.0 Å². The lowest BCUT2D eigenvalue weighted by Crippen LogP contribution is -2.19. The van der Waals surface area contributed by atoms with E-state index in [1.54, 1.807) is 12.4 Å². The Morgan fingerprint density at radius 2 is 1.61 bits per heavy atom. The lowest BCUT2D eigenvalue weighted by molar-refractivity contribution is -0.0790. The van der Waals surface area contributed by atoms with Crippen molar-refractivity contribution < 1.29 is 22.0 Å². The largest absolute Gasteiger partial charge is 0.409 e. The molecular weight excluding hydrogens is 411 g/mol. The first-order valence-corrected chi connectivity index (χ1v) is 10.7. The van der Waals surface area contributed by atoms with Gasteiger partial charge < -0.3 is 0 Å². The lowest BCUT2D eigenvalue weighted by atomic mass is 9.74. The summed E-state index contributed by atoms with van der Waals surface area (Å²) in [6.07, 6.45) is 5.88. The van der Waals surface area contributed by atoms with Crippen molar-refractivity contribution in [2.24, 2.45) is 11.8 Å². The van der Waals surface area contributed by atoms with Crippen LogP contribution < -0.4 is 0 Å². The zero-order valence-corrected chi connectivity index (χ0v) is 17.7. The normalized spacial score (nSPS) is 20.9. The Bertz CT molecular complexity index is 874. The second kappa shape index (κ2) is 9.88. The van der Waals surface area contributed by atoms with Crippen LogP contribution in [-0.4, -0.2) is 16.1 Å². The van der Waals surface area contributed by atoms with Gasteiger partial charge >= 0.3 is 6.18 Å². The Balaban J connectivity index is 1.70. The summed E-state index contributed by atoms with van der Waals surface area (Å²) in [4.78, 5) is 8.52. The number of allylic oxidation sites excluding steroid dienone is 1. The standard InChI is InChI=1S/C24H27F5N2/c1-3-4-15(2)16-5-7-17(8-6-16)19-13-30-23(31-14-19)18-11-21(25)20(22(26)12-18)9-10-24(27,28)29/h9-17H,3-8H2,1-2H3/b10-9+. The second-order valence-corrected chi connectivity index (χ2v) is 8.45. The van der Waals surface area contributed by atoms with Crippen molar-refractivity contribution in [3.05, 3.63) is 53.4 Å². The minimum atomic E-state index is -4.65. The lowest BCUT2D eigenvalue weighted by Gasteiger charge is -2.32. The molecule has 0 aliphatic heterocycles. The molecule has 1 unspecified atom stereocenters. The van der Waals surface area contributed by atoms with Crippen LogP contribution in [0.25, 0.3) is 17.5 Å². The van der Waals surface area contributed by atoms with Gasteiger partial charge in [-0.1, -0.05) is 26.7 Å². The Morgan fingerprint density at radius 1 is 1.03 bits per heavy atom. The van der Waals surface area contributed by atoms with E-state index in [1.807, 2.05) is 0 Å². The van der Waals surface area contributed by atoms with Crippen LogP contribution >= 0.6 is 0 Å². The number of hydrogen-bond acceptors (Lipinski definition) is 2. The van der Waals surface area contributed by atoms with Crippen LogP contribution in [0.3, 0.4) is 0 Å². The zero-order valence-electron chi connectivity index (χ0n) is 17.7. The summed E-state index contributed by atoms with van der Waals surface area (Å²) in [5.74, 6) is -0.179. The molecule has 1 heterocycles. The molecule has 1 atom stereocenters. The predicted octanol–water partition coefficient (Wildman–Crippen LogP) is 7.71. The first-order chi connectivity index (χ1) is 14.7. The van der Waals surface area contributed by atoms with Gasteiger partial charge in [-0.3, -0.25) is 0 Å². The van der Waals surface area contributed by atoms with Crippen LogP contribution in [0, 0.1) is 23.5 Å². The SMILES string of the molecule is CCCC(C)C1CCC(c2cnc(-c3cc(F)c(/C=C/C(F)(F)F)c(F)c3)nc2)CC1. The summed E-state index contributed by atoms with van der Waals surface area (Å²) in [6.45, 7) is 4.54. The van der Waals surface area contributed by atoms with E-state index in [0.717, 1.165) is 42.4 Å². The van der Waals surface area contributed by atoms with Gasteiger partial charge in [0.2, 0.25) is 0 Å². The van der Waals surface area contributed by atoms with Crippen molar-refractivity contribution >= 4 is 6.08 Å². The molecule has 2 aromatic rings. The fraction of sp³-hybridized carbons (Fsp3) is 0.500. The summed E-state index contributed by atoms with van der Waals surface area (Å²) in [5.41, 5.74) is 0.352. The van der Waals surface area contributed by atoms with Crippen molar-refractivity contribution in [3.8, 4) is 11.4 Å². The third kappa shape index (κ3) is 6.11. The number of rotatable bonds is 6. The third-order valence-electron chi connectivity index (χ3n) is 6.24. The average molecular weight is 438 g/mol. The van der Waals surface area contributed by atoms with Crippen molar-refractivity contribution in [1.82, 2.24) is 9.97 Å². The monoisotopic (exact) mass is 438 g/mol. The molecule has 3 rings (SSSR count). The molecule has 0 bridgehead atoms. The molecule has 31 heavy (non-hydrogen) atoms. The van der Waals surface area contributed by atoms with Crippen LogP contribution in [0.5, 0.6) is 0 Å². The average Bonchev–Trinajstić information content (AvgIpc) is 2.72. The number of benzene rings is 1. The number of hydrogen-bond donors (Lipinski definition) is 0. The van der Waals surface area contributed by atoms with E-state index in [9.17, 15) is 22.0 Å². The maximum Gasteiger partial charge on any atom is 0.409 e. The molecule has 0 radical (unpaired) electrons. The fourth-order valence-corrected chi connectivity index (χ4v) is 4.46.